The van der Waals surface area contributed by atoms with Gasteiger partial charge in [0, 0.05) is 18.1 Å². The molecule has 0 saturated carbocycles. The summed E-state index contributed by atoms with van der Waals surface area (Å²) < 4.78 is 5.70. The molecule has 0 aliphatic carbocycles. The van der Waals surface area contributed by atoms with Crippen LogP contribution in [-0.2, 0) is 9.53 Å². The molecule has 0 N–H and O–H groups in total. The van der Waals surface area contributed by atoms with E-state index in [1.54, 1.807) is 6.92 Å². The first kappa shape index (κ1) is 28.0. The molecule has 0 aliphatic rings. The van der Waals surface area contributed by atoms with Crippen molar-refractivity contribution in [3.05, 3.63) is 131 Å². The van der Waals surface area contributed by atoms with E-state index in [9.17, 15) is 25.4 Å². The second-order valence-corrected chi connectivity index (χ2v) is 12.2. The summed E-state index contributed by atoms with van der Waals surface area (Å²) in [7, 11) is 0. The van der Waals surface area contributed by atoms with Gasteiger partial charge < -0.3 is 4.74 Å². The lowest BCUT2D eigenvalue weighted by Crippen LogP contribution is -2.39. The number of hydrogen-bond acceptors (Lipinski definition) is 6. The van der Waals surface area contributed by atoms with Crippen LogP contribution in [0.4, 0.5) is 5.69 Å². The Labute approximate surface area is 233 Å². The normalized spacial score (nSPS) is 11.6. The molecule has 0 bridgehead atoms. The number of nitro benzene ring substituents is 1. The zero-order valence-electron chi connectivity index (χ0n) is 21.8. The van der Waals surface area contributed by atoms with Crippen LogP contribution in [0.15, 0.2) is 115 Å². The van der Waals surface area contributed by atoms with Gasteiger partial charge in [0.25, 0.3) is 5.69 Å². The maximum atomic E-state index is 14.3. The Balaban J connectivity index is 2.31. The van der Waals surface area contributed by atoms with E-state index in [2.05, 4.69) is 12.1 Å². The molecule has 0 amide bonds. The molecule has 0 aromatic heterocycles. The third-order valence-electron chi connectivity index (χ3n) is 6.65. The number of nitrogens with zero attached hydrogens (tertiary/aromatic N) is 3. The average molecular weight is 548 g/mol. The van der Waals surface area contributed by atoms with Crippen LogP contribution in [-0.4, -0.2) is 22.8 Å². The zero-order chi connectivity index (χ0) is 28.5. The van der Waals surface area contributed by atoms with Crippen molar-refractivity contribution in [1.82, 2.24) is 0 Å². The number of carbonyl (C=O) groups excluding carboxylic acids is 1. The van der Waals surface area contributed by atoms with Crippen molar-refractivity contribution < 1.29 is 14.5 Å². The summed E-state index contributed by atoms with van der Waals surface area (Å²) in [6.07, 6.45) is 0. The summed E-state index contributed by atoms with van der Waals surface area (Å²) >= 11 is 0. The van der Waals surface area contributed by atoms with Gasteiger partial charge in [0.05, 0.1) is 29.0 Å². The molecule has 4 rings (SSSR count). The molecule has 0 aliphatic heterocycles. The fraction of sp³-hybridized carbons (Fsp3) is 0.125. The zero-order valence-corrected chi connectivity index (χ0v) is 22.6. The lowest BCUT2D eigenvalue weighted by Gasteiger charge is -2.35. The molecular weight excluding hydrogens is 521 g/mol. The van der Waals surface area contributed by atoms with Crippen LogP contribution >= 0.6 is 6.89 Å². The summed E-state index contributed by atoms with van der Waals surface area (Å²) in [4.78, 5) is 25.2. The smallest absolute Gasteiger partial charge is 0.335 e. The van der Waals surface area contributed by atoms with Gasteiger partial charge in [0.1, 0.15) is 5.92 Å². The number of nitro groups is 1. The Hall–Kier alpha value is -4.97. The minimum atomic E-state index is -3.08. The van der Waals surface area contributed by atoms with E-state index in [1.165, 1.54) is 24.3 Å². The Morgan fingerprint density at radius 3 is 1.57 bits per heavy atom. The van der Waals surface area contributed by atoms with Gasteiger partial charge in [0.2, 0.25) is 0 Å². The van der Waals surface area contributed by atoms with Crippen LogP contribution in [0, 0.1) is 38.7 Å². The second-order valence-electron chi connectivity index (χ2n) is 8.85. The summed E-state index contributed by atoms with van der Waals surface area (Å²) in [6, 6.07) is 38.6. The number of non-ortho nitro benzene ring substituents is 1. The second kappa shape index (κ2) is 12.7. The third kappa shape index (κ3) is 5.29. The molecule has 4 aromatic rings. The van der Waals surface area contributed by atoms with Crippen molar-refractivity contribution in [2.24, 2.45) is 5.92 Å². The molecule has 1 atom stereocenters. The first-order valence-electron chi connectivity index (χ1n) is 12.6. The number of ether oxygens (including phenoxy) is 1. The number of hydrogen-bond donors (Lipinski definition) is 0. The number of carbonyl (C=O) groups is 1. The van der Waals surface area contributed by atoms with Gasteiger partial charge in [-0.25, -0.2) is 4.79 Å². The fourth-order valence-corrected chi connectivity index (χ4v) is 9.63. The van der Waals surface area contributed by atoms with Gasteiger partial charge in [-0.15, -0.1) is 0 Å². The van der Waals surface area contributed by atoms with Crippen LogP contribution in [0.1, 0.15) is 18.4 Å². The van der Waals surface area contributed by atoms with Gasteiger partial charge in [-0.3, -0.25) is 10.1 Å². The van der Waals surface area contributed by atoms with Crippen LogP contribution < -0.4 is 15.9 Å². The molecule has 1 unspecified atom stereocenters. The lowest BCUT2D eigenvalue weighted by atomic mass is 9.85. The minimum Gasteiger partial charge on any atom is -0.463 e. The minimum absolute atomic E-state index is 0.0808. The van der Waals surface area contributed by atoms with Gasteiger partial charge in [-0.05, 0) is 35.3 Å². The largest absolute Gasteiger partial charge is 0.463 e. The monoisotopic (exact) mass is 547 g/mol. The van der Waals surface area contributed by atoms with Crippen molar-refractivity contribution in [2.45, 2.75) is 12.8 Å². The Bertz CT molecular complexity index is 1510. The SMILES string of the molecule is CCOC(=O)C(C(c1ccc([N+](=O)[O-])cc1)C(C#N)C#N)=P(c1ccccc1)(c1ccccc1)c1ccccc1. The van der Waals surface area contributed by atoms with Gasteiger partial charge in [-0.1, -0.05) is 103 Å². The van der Waals surface area contributed by atoms with Crippen LogP contribution in [0.25, 0.3) is 0 Å². The van der Waals surface area contributed by atoms with Crippen molar-refractivity contribution in [2.75, 3.05) is 6.61 Å². The lowest BCUT2D eigenvalue weighted by molar-refractivity contribution is -0.384. The third-order valence-corrected chi connectivity index (χ3v) is 11.0. The summed E-state index contributed by atoms with van der Waals surface area (Å²) in [6.45, 7) is -1.29. The van der Waals surface area contributed by atoms with E-state index in [0.29, 0.717) is 5.56 Å². The first-order chi connectivity index (χ1) is 19.5. The number of rotatable bonds is 9. The number of esters is 1. The van der Waals surface area contributed by atoms with E-state index < -0.39 is 29.6 Å². The molecule has 0 heterocycles. The molecular formula is C32H26N3O4P. The number of benzene rings is 4. The predicted octanol–water partition coefficient (Wildman–Crippen LogP) is 5.07. The number of nitriles is 2. The highest BCUT2D eigenvalue weighted by atomic mass is 31.2. The van der Waals surface area contributed by atoms with Gasteiger partial charge >= 0.3 is 5.97 Å². The Morgan fingerprint density at radius 1 is 0.800 bits per heavy atom. The van der Waals surface area contributed by atoms with Gasteiger partial charge in [0.15, 0.2) is 0 Å². The first-order valence-corrected chi connectivity index (χ1v) is 14.4. The molecule has 0 fully saturated rings. The Kier molecular flexibility index (Phi) is 8.92. The quantitative estimate of drug-likeness (QED) is 0.125. The topological polar surface area (TPSA) is 117 Å². The molecule has 8 heteroatoms. The van der Waals surface area contributed by atoms with Crippen LogP contribution in [0.3, 0.4) is 0 Å². The maximum absolute atomic E-state index is 14.3. The predicted molar refractivity (Wildman–Crippen MR) is 157 cm³/mol. The average Bonchev–Trinajstić information content (AvgIpc) is 3.00. The highest BCUT2D eigenvalue weighted by molar-refractivity contribution is 7.96. The van der Waals surface area contributed by atoms with Crippen LogP contribution in [0.5, 0.6) is 0 Å². The van der Waals surface area contributed by atoms with Crippen molar-refractivity contribution >= 4 is 39.7 Å². The molecule has 40 heavy (non-hydrogen) atoms. The van der Waals surface area contributed by atoms with E-state index in [1.807, 2.05) is 91.0 Å². The van der Waals surface area contributed by atoms with E-state index >= 15 is 0 Å². The molecule has 0 saturated heterocycles. The summed E-state index contributed by atoms with van der Waals surface area (Å²) in [5, 5.41) is 34.6. The highest BCUT2D eigenvalue weighted by Gasteiger charge is 2.42. The van der Waals surface area contributed by atoms with Crippen molar-refractivity contribution in [1.29, 1.82) is 10.5 Å². The van der Waals surface area contributed by atoms with Crippen molar-refractivity contribution in [3.8, 4) is 12.1 Å². The standard InChI is InChI=1S/C32H26N3O4P/c1-2-39-32(36)31(30(25(22-33)23-34)24-18-20-26(21-19-24)35(37)38)40(27-12-6-3-7-13-27,28-14-8-4-9-15-28)29-16-10-5-11-17-29/h3-21,25,30H,2H2,1H3. The highest BCUT2D eigenvalue weighted by Crippen LogP contribution is 2.50. The molecule has 0 radical (unpaired) electrons. The molecule has 7 nitrogen and oxygen atoms in total. The molecule has 0 spiro atoms. The van der Waals surface area contributed by atoms with Gasteiger partial charge in [-0.2, -0.15) is 10.5 Å². The fourth-order valence-electron chi connectivity index (χ4n) is 4.99. The Morgan fingerprint density at radius 2 is 1.23 bits per heavy atom. The molecule has 4 aromatic carbocycles. The van der Waals surface area contributed by atoms with Crippen molar-refractivity contribution in [3.63, 3.8) is 0 Å². The van der Waals surface area contributed by atoms with E-state index in [4.69, 9.17) is 4.74 Å². The summed E-state index contributed by atoms with van der Waals surface area (Å²) in [5.41, 5.74) is 0.301. The van der Waals surface area contributed by atoms with E-state index in [0.717, 1.165) is 15.9 Å². The molecule has 198 valence electrons. The van der Waals surface area contributed by atoms with E-state index in [-0.39, 0.29) is 17.6 Å². The maximum Gasteiger partial charge on any atom is 0.335 e. The summed E-state index contributed by atoms with van der Waals surface area (Å²) in [5.74, 6) is -2.94. The van der Waals surface area contributed by atoms with Crippen LogP contribution in [0.2, 0.25) is 0 Å².